The number of anilines is 1. The number of halogens is 1. The van der Waals surface area contributed by atoms with Gasteiger partial charge in [0.05, 0.1) is 11.2 Å². The maximum absolute atomic E-state index is 12.1. The molecule has 6 nitrogen and oxygen atoms in total. The van der Waals surface area contributed by atoms with Crippen molar-refractivity contribution in [3.05, 3.63) is 65.7 Å². The minimum absolute atomic E-state index is 0.0355. The number of nitrogens with zero attached hydrogens (tertiary/aromatic N) is 3. The predicted octanol–water partition coefficient (Wildman–Crippen LogP) is 3.49. The van der Waals surface area contributed by atoms with Crippen molar-refractivity contribution in [3.63, 3.8) is 0 Å². The summed E-state index contributed by atoms with van der Waals surface area (Å²) >= 11 is 5.83. The molecule has 0 radical (unpaired) electrons. The van der Waals surface area contributed by atoms with Crippen molar-refractivity contribution in [1.29, 1.82) is 0 Å². The predicted molar refractivity (Wildman–Crippen MR) is 97.2 cm³/mol. The Balaban J connectivity index is 1.77. The molecule has 0 saturated heterocycles. The van der Waals surface area contributed by atoms with E-state index in [1.807, 2.05) is 19.3 Å². The number of aryl methyl sites for hydroxylation is 1. The Bertz CT molecular complexity index is 950. The van der Waals surface area contributed by atoms with Gasteiger partial charge in [0.15, 0.2) is 0 Å². The summed E-state index contributed by atoms with van der Waals surface area (Å²) in [4.78, 5) is 16.2. The SMILES string of the molecule is Cn1cc(-c2ccncc2C=CC(=O)Nc2ccc(O)c(Cl)c2)cn1. The standard InChI is InChI=1S/C18H15ClN4O2/c1-23-11-13(10-21-23)15-6-7-20-9-12(15)2-5-18(25)22-14-3-4-17(24)16(19)8-14/h2-11,24H,1H3,(H,22,25). The molecule has 126 valence electrons. The molecular formula is C18H15ClN4O2. The van der Waals surface area contributed by atoms with Gasteiger partial charge in [-0.25, -0.2) is 0 Å². The van der Waals surface area contributed by atoms with E-state index in [2.05, 4.69) is 15.4 Å². The van der Waals surface area contributed by atoms with E-state index in [-0.39, 0.29) is 16.7 Å². The Hall–Kier alpha value is -3.12. The van der Waals surface area contributed by atoms with Crippen LogP contribution in [0, 0.1) is 0 Å². The largest absolute Gasteiger partial charge is 0.506 e. The molecule has 0 aliphatic rings. The van der Waals surface area contributed by atoms with Crippen LogP contribution in [0.3, 0.4) is 0 Å². The molecule has 0 saturated carbocycles. The first-order valence-electron chi connectivity index (χ1n) is 7.43. The van der Waals surface area contributed by atoms with Crippen LogP contribution in [0.4, 0.5) is 5.69 Å². The summed E-state index contributed by atoms with van der Waals surface area (Å²) in [6, 6.07) is 6.34. The van der Waals surface area contributed by atoms with E-state index in [1.54, 1.807) is 35.4 Å². The van der Waals surface area contributed by atoms with E-state index < -0.39 is 0 Å². The molecule has 0 aliphatic carbocycles. The number of hydrogen-bond acceptors (Lipinski definition) is 4. The van der Waals surface area contributed by atoms with Crippen LogP contribution in [0.15, 0.2) is 55.1 Å². The van der Waals surface area contributed by atoms with Gasteiger partial charge in [-0.05, 0) is 35.9 Å². The van der Waals surface area contributed by atoms with Gasteiger partial charge in [0.1, 0.15) is 5.75 Å². The topological polar surface area (TPSA) is 80.0 Å². The lowest BCUT2D eigenvalue weighted by Crippen LogP contribution is -2.07. The summed E-state index contributed by atoms with van der Waals surface area (Å²) in [7, 11) is 1.84. The molecule has 2 N–H and O–H groups in total. The molecule has 1 amide bonds. The van der Waals surface area contributed by atoms with E-state index in [4.69, 9.17) is 11.6 Å². The molecule has 0 atom stereocenters. The van der Waals surface area contributed by atoms with Crippen LogP contribution < -0.4 is 5.32 Å². The van der Waals surface area contributed by atoms with Gasteiger partial charge >= 0.3 is 0 Å². The van der Waals surface area contributed by atoms with Crippen LogP contribution in [0.25, 0.3) is 17.2 Å². The lowest BCUT2D eigenvalue weighted by molar-refractivity contribution is -0.111. The van der Waals surface area contributed by atoms with Gasteiger partial charge in [0.2, 0.25) is 5.91 Å². The maximum Gasteiger partial charge on any atom is 0.248 e. The number of amides is 1. The summed E-state index contributed by atoms with van der Waals surface area (Å²) < 4.78 is 1.71. The molecule has 0 unspecified atom stereocenters. The van der Waals surface area contributed by atoms with Crippen LogP contribution in [0.1, 0.15) is 5.56 Å². The number of phenols is 1. The van der Waals surface area contributed by atoms with Crippen molar-refractivity contribution < 1.29 is 9.90 Å². The van der Waals surface area contributed by atoms with E-state index in [1.165, 1.54) is 18.2 Å². The van der Waals surface area contributed by atoms with Gasteiger partial charge in [-0.1, -0.05) is 11.6 Å². The summed E-state index contributed by atoms with van der Waals surface area (Å²) in [5.41, 5.74) is 3.17. The molecule has 25 heavy (non-hydrogen) atoms. The number of benzene rings is 1. The normalized spacial score (nSPS) is 11.0. The highest BCUT2D eigenvalue weighted by Crippen LogP contribution is 2.26. The third-order valence-corrected chi connectivity index (χ3v) is 3.80. The average Bonchev–Trinajstić information content (AvgIpc) is 3.03. The fourth-order valence-corrected chi connectivity index (χ4v) is 2.48. The second kappa shape index (κ2) is 7.19. The van der Waals surface area contributed by atoms with Crippen LogP contribution in [-0.4, -0.2) is 25.8 Å². The zero-order valence-electron chi connectivity index (χ0n) is 13.3. The van der Waals surface area contributed by atoms with Crippen LogP contribution in [-0.2, 0) is 11.8 Å². The Morgan fingerprint density at radius 1 is 1.32 bits per heavy atom. The number of phenolic OH excluding ortho intramolecular Hbond substituents is 1. The number of aromatic hydroxyl groups is 1. The Labute approximate surface area is 149 Å². The van der Waals surface area contributed by atoms with E-state index in [0.29, 0.717) is 5.69 Å². The molecule has 3 aromatic rings. The van der Waals surface area contributed by atoms with Crippen molar-refractivity contribution in [1.82, 2.24) is 14.8 Å². The second-order valence-electron chi connectivity index (χ2n) is 5.35. The van der Waals surface area contributed by atoms with Crippen LogP contribution >= 0.6 is 11.6 Å². The second-order valence-corrected chi connectivity index (χ2v) is 5.76. The monoisotopic (exact) mass is 354 g/mol. The number of nitrogens with one attached hydrogen (secondary N) is 1. The number of rotatable bonds is 4. The van der Waals surface area contributed by atoms with Gasteiger partial charge in [-0.2, -0.15) is 5.10 Å². The lowest BCUT2D eigenvalue weighted by atomic mass is 10.0. The fourth-order valence-electron chi connectivity index (χ4n) is 2.30. The average molecular weight is 355 g/mol. The van der Waals surface area contributed by atoms with Gasteiger partial charge in [-0.15, -0.1) is 0 Å². The van der Waals surface area contributed by atoms with E-state index in [0.717, 1.165) is 16.7 Å². The minimum atomic E-state index is -0.317. The first kappa shape index (κ1) is 16.7. The zero-order chi connectivity index (χ0) is 17.8. The third kappa shape index (κ3) is 4.05. The van der Waals surface area contributed by atoms with Crippen molar-refractivity contribution >= 4 is 29.3 Å². The number of carbonyl (C=O) groups excluding carboxylic acids is 1. The van der Waals surface area contributed by atoms with Crippen molar-refractivity contribution in [2.75, 3.05) is 5.32 Å². The smallest absolute Gasteiger partial charge is 0.248 e. The molecule has 1 aromatic carbocycles. The minimum Gasteiger partial charge on any atom is -0.506 e. The first-order valence-corrected chi connectivity index (χ1v) is 7.81. The zero-order valence-corrected chi connectivity index (χ0v) is 14.1. The van der Waals surface area contributed by atoms with Gasteiger partial charge in [0.25, 0.3) is 0 Å². The molecule has 3 rings (SSSR count). The molecular weight excluding hydrogens is 340 g/mol. The van der Waals surface area contributed by atoms with Gasteiger partial charge in [0, 0.05) is 48.5 Å². The van der Waals surface area contributed by atoms with Crippen LogP contribution in [0.2, 0.25) is 5.02 Å². The summed E-state index contributed by atoms with van der Waals surface area (Å²) in [6.07, 6.45) is 10.1. The molecule has 0 spiro atoms. The van der Waals surface area contributed by atoms with E-state index >= 15 is 0 Å². The highest BCUT2D eigenvalue weighted by molar-refractivity contribution is 6.32. The molecule has 0 aliphatic heterocycles. The van der Waals surface area contributed by atoms with Crippen molar-refractivity contribution in [2.45, 2.75) is 0 Å². The number of aromatic nitrogens is 3. The summed E-state index contributed by atoms with van der Waals surface area (Å²) in [6.45, 7) is 0. The van der Waals surface area contributed by atoms with E-state index in [9.17, 15) is 9.90 Å². The Kier molecular flexibility index (Phi) is 4.81. The number of pyridine rings is 1. The molecule has 2 aromatic heterocycles. The first-order chi connectivity index (χ1) is 12.0. The van der Waals surface area contributed by atoms with Crippen molar-refractivity contribution in [3.8, 4) is 16.9 Å². The maximum atomic E-state index is 12.1. The van der Waals surface area contributed by atoms with Crippen molar-refractivity contribution in [2.24, 2.45) is 7.05 Å². The summed E-state index contributed by atoms with van der Waals surface area (Å²) in [5.74, 6) is -0.352. The molecule has 0 fully saturated rings. The number of carbonyl (C=O) groups is 1. The number of hydrogen-bond donors (Lipinski definition) is 2. The molecule has 2 heterocycles. The third-order valence-electron chi connectivity index (χ3n) is 3.50. The van der Waals surface area contributed by atoms with Gasteiger partial charge < -0.3 is 10.4 Å². The Morgan fingerprint density at radius 3 is 2.88 bits per heavy atom. The highest BCUT2D eigenvalue weighted by atomic mass is 35.5. The van der Waals surface area contributed by atoms with Gasteiger partial charge in [-0.3, -0.25) is 14.5 Å². The molecule has 0 bridgehead atoms. The lowest BCUT2D eigenvalue weighted by Gasteiger charge is -2.05. The fraction of sp³-hybridized carbons (Fsp3) is 0.0556. The quantitative estimate of drug-likeness (QED) is 0.555. The van der Waals surface area contributed by atoms with Crippen LogP contribution in [0.5, 0.6) is 5.75 Å². The Morgan fingerprint density at radius 2 is 2.16 bits per heavy atom. The highest BCUT2D eigenvalue weighted by Gasteiger charge is 2.06. The molecule has 7 heteroatoms. The summed E-state index contributed by atoms with van der Waals surface area (Å²) in [5, 5.41) is 16.4.